The largest absolute Gasteiger partial charge is 0.247 e. The van der Waals surface area contributed by atoms with Crippen LogP contribution in [-0.2, 0) is 0 Å². The van der Waals surface area contributed by atoms with E-state index in [4.69, 9.17) is 4.98 Å². The van der Waals surface area contributed by atoms with Crippen molar-refractivity contribution in [1.29, 1.82) is 0 Å². The number of aryl methyl sites for hydroxylation is 4. The zero-order valence-electron chi connectivity index (χ0n) is 13.4. The first-order valence-electron chi connectivity index (χ1n) is 7.42. The molecule has 0 spiro atoms. The maximum Gasteiger partial charge on any atom is 0.0741 e. The highest BCUT2D eigenvalue weighted by atomic mass is 14.7. The number of nitrogens with zero attached hydrogens (tertiary/aromatic N) is 1. The summed E-state index contributed by atoms with van der Waals surface area (Å²) in [7, 11) is 0. The van der Waals surface area contributed by atoms with Crippen molar-refractivity contribution < 1.29 is 0 Å². The molecule has 0 aliphatic heterocycles. The lowest BCUT2D eigenvalue weighted by molar-refractivity contribution is 1.25. The molecule has 1 heterocycles. The van der Waals surface area contributed by atoms with Crippen molar-refractivity contribution in [2.24, 2.45) is 0 Å². The topological polar surface area (TPSA) is 12.9 Å². The molecular formula is C20H21N. The van der Waals surface area contributed by atoms with Gasteiger partial charge in [-0.2, -0.15) is 0 Å². The fourth-order valence-corrected chi connectivity index (χ4v) is 2.94. The normalized spacial score (nSPS) is 11.1. The van der Waals surface area contributed by atoms with Crippen LogP contribution >= 0.6 is 0 Å². The lowest BCUT2D eigenvalue weighted by Crippen LogP contribution is -1.95. The second-order valence-electron chi connectivity index (χ2n) is 6.10. The standard InChI is InChI=1S/C20H21N/c1-12-6-7-17-11-15(4)20(21-19(17)10-12)18-9-13(2)8-14(3)16(18)5/h6-11H,1-5H3. The maximum atomic E-state index is 4.95. The molecule has 0 N–H and O–H groups in total. The van der Waals surface area contributed by atoms with E-state index in [2.05, 4.69) is 71.0 Å². The van der Waals surface area contributed by atoms with E-state index in [-0.39, 0.29) is 0 Å². The molecule has 0 unspecified atom stereocenters. The van der Waals surface area contributed by atoms with Crippen LogP contribution in [0.15, 0.2) is 36.4 Å². The van der Waals surface area contributed by atoms with Crippen molar-refractivity contribution in [3.8, 4) is 11.3 Å². The van der Waals surface area contributed by atoms with Gasteiger partial charge in [-0.05, 0) is 75.1 Å². The number of benzene rings is 2. The molecule has 0 bridgehead atoms. The van der Waals surface area contributed by atoms with Crippen LogP contribution in [0.25, 0.3) is 22.2 Å². The van der Waals surface area contributed by atoms with Crippen LogP contribution in [-0.4, -0.2) is 4.98 Å². The number of rotatable bonds is 1. The van der Waals surface area contributed by atoms with E-state index in [0.717, 1.165) is 11.2 Å². The molecule has 0 fully saturated rings. The fourth-order valence-electron chi connectivity index (χ4n) is 2.94. The predicted molar refractivity (Wildman–Crippen MR) is 90.9 cm³/mol. The highest BCUT2D eigenvalue weighted by Gasteiger charge is 2.11. The van der Waals surface area contributed by atoms with E-state index < -0.39 is 0 Å². The van der Waals surface area contributed by atoms with Crippen LogP contribution in [0.4, 0.5) is 0 Å². The summed E-state index contributed by atoms with van der Waals surface area (Å²) < 4.78 is 0. The molecule has 0 aliphatic rings. The minimum atomic E-state index is 1.08. The highest BCUT2D eigenvalue weighted by molar-refractivity contribution is 5.84. The quantitative estimate of drug-likeness (QED) is 0.576. The molecule has 0 saturated carbocycles. The van der Waals surface area contributed by atoms with Crippen molar-refractivity contribution in [1.82, 2.24) is 4.98 Å². The Morgan fingerprint density at radius 3 is 2.24 bits per heavy atom. The minimum Gasteiger partial charge on any atom is -0.247 e. The van der Waals surface area contributed by atoms with E-state index in [1.165, 1.54) is 38.8 Å². The third-order valence-electron chi connectivity index (χ3n) is 4.23. The van der Waals surface area contributed by atoms with Gasteiger partial charge < -0.3 is 0 Å². The summed E-state index contributed by atoms with van der Waals surface area (Å²) in [5.41, 5.74) is 9.87. The lowest BCUT2D eigenvalue weighted by atomic mass is 9.95. The molecule has 1 aromatic heterocycles. The molecule has 21 heavy (non-hydrogen) atoms. The molecule has 3 rings (SSSR count). The van der Waals surface area contributed by atoms with Crippen molar-refractivity contribution >= 4 is 10.9 Å². The smallest absolute Gasteiger partial charge is 0.0741 e. The Kier molecular flexibility index (Phi) is 3.29. The van der Waals surface area contributed by atoms with Crippen LogP contribution in [0.5, 0.6) is 0 Å². The maximum absolute atomic E-state index is 4.95. The average molecular weight is 275 g/mol. The lowest BCUT2D eigenvalue weighted by Gasteiger charge is -2.13. The van der Waals surface area contributed by atoms with Gasteiger partial charge in [0.1, 0.15) is 0 Å². The second kappa shape index (κ2) is 5.00. The highest BCUT2D eigenvalue weighted by Crippen LogP contribution is 2.30. The van der Waals surface area contributed by atoms with Gasteiger partial charge in [0.2, 0.25) is 0 Å². The summed E-state index contributed by atoms with van der Waals surface area (Å²) in [4.78, 5) is 4.95. The number of pyridine rings is 1. The SMILES string of the molecule is Cc1cc(C)c(C)c(-c2nc3cc(C)ccc3cc2C)c1. The van der Waals surface area contributed by atoms with Crippen molar-refractivity contribution in [2.45, 2.75) is 34.6 Å². The van der Waals surface area contributed by atoms with Gasteiger partial charge in [-0.15, -0.1) is 0 Å². The summed E-state index contributed by atoms with van der Waals surface area (Å²) in [5, 5.41) is 1.21. The first kappa shape index (κ1) is 13.8. The van der Waals surface area contributed by atoms with Gasteiger partial charge in [0.25, 0.3) is 0 Å². The predicted octanol–water partition coefficient (Wildman–Crippen LogP) is 5.44. The molecule has 1 heteroatoms. The van der Waals surface area contributed by atoms with Crippen LogP contribution in [0, 0.1) is 34.6 Å². The summed E-state index contributed by atoms with van der Waals surface area (Å²) in [6, 6.07) is 13.2. The van der Waals surface area contributed by atoms with Gasteiger partial charge in [0.05, 0.1) is 11.2 Å². The van der Waals surface area contributed by atoms with E-state index in [1.54, 1.807) is 0 Å². The third kappa shape index (κ3) is 2.44. The van der Waals surface area contributed by atoms with Gasteiger partial charge >= 0.3 is 0 Å². The zero-order valence-corrected chi connectivity index (χ0v) is 13.4. The minimum absolute atomic E-state index is 1.08. The molecule has 2 aromatic carbocycles. The second-order valence-corrected chi connectivity index (χ2v) is 6.10. The van der Waals surface area contributed by atoms with Crippen molar-refractivity contribution in [2.75, 3.05) is 0 Å². The summed E-state index contributed by atoms with van der Waals surface area (Å²) >= 11 is 0. The monoisotopic (exact) mass is 275 g/mol. The number of aromatic nitrogens is 1. The van der Waals surface area contributed by atoms with Crippen molar-refractivity contribution in [3.05, 3.63) is 64.2 Å². The molecular weight excluding hydrogens is 254 g/mol. The summed E-state index contributed by atoms with van der Waals surface area (Å²) in [6.45, 7) is 10.8. The zero-order chi connectivity index (χ0) is 15.1. The summed E-state index contributed by atoms with van der Waals surface area (Å²) in [5.74, 6) is 0. The molecule has 0 atom stereocenters. The van der Waals surface area contributed by atoms with E-state index >= 15 is 0 Å². The molecule has 106 valence electrons. The third-order valence-corrected chi connectivity index (χ3v) is 4.23. The van der Waals surface area contributed by atoms with Gasteiger partial charge in [-0.3, -0.25) is 0 Å². The molecule has 0 saturated heterocycles. The summed E-state index contributed by atoms with van der Waals surface area (Å²) in [6.07, 6.45) is 0. The van der Waals surface area contributed by atoms with Crippen LogP contribution in [0.2, 0.25) is 0 Å². The van der Waals surface area contributed by atoms with Gasteiger partial charge in [0.15, 0.2) is 0 Å². The average Bonchev–Trinajstić information content (AvgIpc) is 2.43. The molecule has 1 nitrogen and oxygen atoms in total. The van der Waals surface area contributed by atoms with Gasteiger partial charge in [0, 0.05) is 10.9 Å². The molecule has 3 aromatic rings. The first-order valence-corrected chi connectivity index (χ1v) is 7.42. The molecule has 0 aliphatic carbocycles. The van der Waals surface area contributed by atoms with Crippen molar-refractivity contribution in [3.63, 3.8) is 0 Å². The van der Waals surface area contributed by atoms with E-state index in [9.17, 15) is 0 Å². The Labute approximate surface area is 126 Å². The van der Waals surface area contributed by atoms with Crippen LogP contribution in [0.1, 0.15) is 27.8 Å². The molecule has 0 radical (unpaired) electrons. The first-order chi connectivity index (χ1) is 9.95. The van der Waals surface area contributed by atoms with E-state index in [1.807, 2.05) is 0 Å². The number of hydrogen-bond acceptors (Lipinski definition) is 1. The number of fused-ring (bicyclic) bond motifs is 1. The molecule has 0 amide bonds. The Morgan fingerprint density at radius 1 is 0.714 bits per heavy atom. The van der Waals surface area contributed by atoms with Gasteiger partial charge in [-0.25, -0.2) is 4.98 Å². The number of hydrogen-bond donors (Lipinski definition) is 0. The fraction of sp³-hybridized carbons (Fsp3) is 0.250. The Hall–Kier alpha value is -2.15. The van der Waals surface area contributed by atoms with E-state index in [0.29, 0.717) is 0 Å². The Balaban J connectivity index is 2.32. The van der Waals surface area contributed by atoms with Crippen LogP contribution < -0.4 is 0 Å². The Bertz CT molecular complexity index is 844. The Morgan fingerprint density at radius 2 is 1.48 bits per heavy atom. The van der Waals surface area contributed by atoms with Crippen LogP contribution in [0.3, 0.4) is 0 Å². The van der Waals surface area contributed by atoms with Gasteiger partial charge in [-0.1, -0.05) is 23.8 Å².